The van der Waals surface area contributed by atoms with Crippen LogP contribution in [0.3, 0.4) is 0 Å². The van der Waals surface area contributed by atoms with E-state index in [1.54, 1.807) is 10.9 Å². The summed E-state index contributed by atoms with van der Waals surface area (Å²) in [6.45, 7) is 3.90. The third kappa shape index (κ3) is 3.44. The first-order chi connectivity index (χ1) is 8.30. The van der Waals surface area contributed by atoms with Crippen LogP contribution in [0, 0.1) is 0 Å². The molecule has 3 N–H and O–H groups in total. The van der Waals surface area contributed by atoms with Crippen LogP contribution >= 0.6 is 0 Å². The van der Waals surface area contributed by atoms with Crippen molar-refractivity contribution in [1.29, 1.82) is 0 Å². The van der Waals surface area contributed by atoms with Gasteiger partial charge in [-0.3, -0.25) is 16.0 Å². The highest BCUT2D eigenvalue weighted by Crippen LogP contribution is 2.27. The Morgan fingerprint density at radius 1 is 1.56 bits per heavy atom. The van der Waals surface area contributed by atoms with Crippen LogP contribution in [-0.2, 0) is 9.84 Å². The topological polar surface area (TPSA) is 99.2 Å². The molecule has 0 fully saturated rings. The van der Waals surface area contributed by atoms with Crippen molar-refractivity contribution in [3.63, 3.8) is 0 Å². The van der Waals surface area contributed by atoms with E-state index in [0.717, 1.165) is 0 Å². The van der Waals surface area contributed by atoms with E-state index in [1.165, 1.54) is 13.4 Å². The predicted octanol–water partition coefficient (Wildman–Crippen LogP) is 0.0216. The van der Waals surface area contributed by atoms with Gasteiger partial charge in [-0.1, -0.05) is 0 Å². The number of nitrogens with two attached hydrogens (primary N) is 1. The largest absolute Gasteiger partial charge is 0.493 e. The first-order valence-corrected chi connectivity index (χ1v) is 7.61. The second-order valence-electron chi connectivity index (χ2n) is 4.45. The maximum atomic E-state index is 11.4. The lowest BCUT2D eigenvalue weighted by Gasteiger charge is -2.20. The summed E-state index contributed by atoms with van der Waals surface area (Å²) >= 11 is 0. The molecule has 0 radical (unpaired) electrons. The van der Waals surface area contributed by atoms with Crippen LogP contribution in [0.15, 0.2) is 6.20 Å². The summed E-state index contributed by atoms with van der Waals surface area (Å²) < 4.78 is 29.7. The molecule has 1 atom stereocenters. The normalized spacial score (nSPS) is 13.9. The molecule has 0 aliphatic heterocycles. The Morgan fingerprint density at radius 3 is 2.56 bits per heavy atom. The molecule has 0 aliphatic rings. The van der Waals surface area contributed by atoms with Crippen molar-refractivity contribution in [2.45, 2.75) is 25.9 Å². The Labute approximate surface area is 107 Å². The van der Waals surface area contributed by atoms with Crippen LogP contribution in [0.2, 0.25) is 0 Å². The van der Waals surface area contributed by atoms with E-state index >= 15 is 0 Å². The Hall–Kier alpha value is -1.12. The number of methoxy groups -OCH3 is 1. The van der Waals surface area contributed by atoms with Crippen molar-refractivity contribution in [1.82, 2.24) is 15.2 Å². The van der Waals surface area contributed by atoms with Crippen molar-refractivity contribution in [2.75, 3.05) is 19.1 Å². The van der Waals surface area contributed by atoms with Gasteiger partial charge < -0.3 is 4.74 Å². The number of sulfone groups is 1. The summed E-state index contributed by atoms with van der Waals surface area (Å²) in [5.41, 5.74) is 3.15. The number of nitrogens with one attached hydrogen (secondary N) is 1. The van der Waals surface area contributed by atoms with Crippen LogP contribution in [0.25, 0.3) is 0 Å². The average molecular weight is 276 g/mol. The van der Waals surface area contributed by atoms with Crippen LogP contribution in [-0.4, -0.2) is 37.3 Å². The molecule has 1 rings (SSSR count). The van der Waals surface area contributed by atoms with Gasteiger partial charge in [0.1, 0.15) is 9.84 Å². The molecular formula is C10H20N4O3S. The monoisotopic (exact) mass is 276 g/mol. The molecule has 0 bridgehead atoms. The van der Waals surface area contributed by atoms with E-state index in [0.29, 0.717) is 11.4 Å². The molecule has 0 spiro atoms. The molecule has 0 saturated heterocycles. The van der Waals surface area contributed by atoms with Gasteiger partial charge in [-0.15, -0.1) is 0 Å². The van der Waals surface area contributed by atoms with Crippen molar-refractivity contribution in [2.24, 2.45) is 5.84 Å². The summed E-state index contributed by atoms with van der Waals surface area (Å²) in [7, 11) is -1.65. The molecule has 0 saturated carbocycles. The highest BCUT2D eigenvalue weighted by molar-refractivity contribution is 7.90. The smallest absolute Gasteiger partial charge is 0.161 e. The predicted molar refractivity (Wildman–Crippen MR) is 68.9 cm³/mol. The fourth-order valence-electron chi connectivity index (χ4n) is 1.76. The zero-order valence-electron chi connectivity index (χ0n) is 11.0. The van der Waals surface area contributed by atoms with E-state index < -0.39 is 15.9 Å². The highest BCUT2D eigenvalue weighted by Gasteiger charge is 2.25. The summed E-state index contributed by atoms with van der Waals surface area (Å²) in [5.74, 6) is 5.86. The number of ether oxygens (including phenoxy) is 1. The summed E-state index contributed by atoms with van der Waals surface area (Å²) in [4.78, 5) is 0. The molecule has 1 aromatic rings. The van der Waals surface area contributed by atoms with Gasteiger partial charge in [-0.05, 0) is 13.8 Å². The molecule has 1 heterocycles. The van der Waals surface area contributed by atoms with Crippen molar-refractivity contribution >= 4 is 9.84 Å². The molecule has 1 aromatic heterocycles. The van der Waals surface area contributed by atoms with Gasteiger partial charge in [-0.2, -0.15) is 5.10 Å². The second kappa shape index (κ2) is 5.68. The van der Waals surface area contributed by atoms with Crippen LogP contribution < -0.4 is 16.0 Å². The van der Waals surface area contributed by atoms with Gasteiger partial charge in [0.25, 0.3) is 0 Å². The Morgan fingerprint density at radius 2 is 2.17 bits per heavy atom. The van der Waals surface area contributed by atoms with Gasteiger partial charge in [0, 0.05) is 12.3 Å². The molecule has 0 amide bonds. The van der Waals surface area contributed by atoms with E-state index in [-0.39, 0.29) is 11.8 Å². The van der Waals surface area contributed by atoms with Gasteiger partial charge in [0.2, 0.25) is 0 Å². The lowest BCUT2D eigenvalue weighted by molar-refractivity contribution is 0.390. The Bertz CT molecular complexity index is 495. The number of hydrogen-bond acceptors (Lipinski definition) is 6. The fraction of sp³-hybridized carbons (Fsp3) is 0.700. The molecule has 104 valence electrons. The SMILES string of the molecule is COc1cnn(C(C)C)c1C(CS(C)(=O)=O)NN. The molecule has 0 aliphatic carbocycles. The number of nitrogens with zero attached hydrogens (tertiary/aromatic N) is 2. The van der Waals surface area contributed by atoms with Crippen molar-refractivity contribution in [3.8, 4) is 5.75 Å². The van der Waals surface area contributed by atoms with E-state index in [1.807, 2.05) is 13.8 Å². The first kappa shape index (κ1) is 14.9. The lowest BCUT2D eigenvalue weighted by Crippen LogP contribution is -2.35. The van der Waals surface area contributed by atoms with Gasteiger partial charge in [-0.25, -0.2) is 8.42 Å². The lowest BCUT2D eigenvalue weighted by atomic mass is 10.2. The second-order valence-corrected chi connectivity index (χ2v) is 6.63. The van der Waals surface area contributed by atoms with Gasteiger partial charge in [0.15, 0.2) is 5.75 Å². The molecule has 0 aromatic carbocycles. The van der Waals surface area contributed by atoms with E-state index in [4.69, 9.17) is 10.6 Å². The van der Waals surface area contributed by atoms with Crippen molar-refractivity contribution < 1.29 is 13.2 Å². The summed E-state index contributed by atoms with van der Waals surface area (Å²) in [6.07, 6.45) is 2.72. The molecule has 7 nitrogen and oxygen atoms in total. The number of aromatic nitrogens is 2. The van der Waals surface area contributed by atoms with E-state index in [2.05, 4.69) is 10.5 Å². The van der Waals surface area contributed by atoms with Crippen LogP contribution in [0.1, 0.15) is 31.6 Å². The number of hydrogen-bond donors (Lipinski definition) is 2. The molecule has 1 unspecified atom stereocenters. The van der Waals surface area contributed by atoms with Crippen LogP contribution in [0.5, 0.6) is 5.75 Å². The third-order valence-corrected chi connectivity index (χ3v) is 3.45. The maximum Gasteiger partial charge on any atom is 0.161 e. The van der Waals surface area contributed by atoms with Crippen LogP contribution in [0.4, 0.5) is 0 Å². The van der Waals surface area contributed by atoms with Gasteiger partial charge in [0.05, 0.1) is 30.8 Å². The zero-order valence-corrected chi connectivity index (χ0v) is 11.9. The number of hydrazine groups is 1. The number of rotatable bonds is 6. The Kier molecular flexibility index (Phi) is 4.71. The minimum atomic E-state index is -3.17. The Balaban J connectivity index is 3.22. The fourth-order valence-corrected chi connectivity index (χ4v) is 2.62. The highest BCUT2D eigenvalue weighted by atomic mass is 32.2. The average Bonchev–Trinajstić information content (AvgIpc) is 2.68. The summed E-state index contributed by atoms with van der Waals surface area (Å²) in [5, 5.41) is 4.19. The van der Waals surface area contributed by atoms with E-state index in [9.17, 15) is 8.42 Å². The minimum Gasteiger partial charge on any atom is -0.493 e. The maximum absolute atomic E-state index is 11.4. The third-order valence-electron chi connectivity index (χ3n) is 2.51. The molecule has 8 heteroatoms. The standard InChI is InChI=1S/C10H20N4O3S/c1-7(2)14-10(9(17-3)5-12-14)8(13-11)6-18(4,15)16/h5,7-8,13H,6,11H2,1-4H3. The molecular weight excluding hydrogens is 256 g/mol. The quantitative estimate of drug-likeness (QED) is 0.561. The summed E-state index contributed by atoms with van der Waals surface area (Å²) in [6, 6.07) is -0.473. The minimum absolute atomic E-state index is 0.0827. The molecule has 18 heavy (non-hydrogen) atoms. The van der Waals surface area contributed by atoms with Crippen molar-refractivity contribution in [3.05, 3.63) is 11.9 Å². The van der Waals surface area contributed by atoms with Gasteiger partial charge >= 0.3 is 0 Å². The first-order valence-electron chi connectivity index (χ1n) is 5.55. The zero-order chi connectivity index (χ0) is 13.9.